The maximum atomic E-state index is 13.6. The maximum absolute atomic E-state index is 13.6. The molecule has 6 aliphatic carbocycles. The van der Waals surface area contributed by atoms with Gasteiger partial charge in [0.05, 0.1) is 10.00 Å². The van der Waals surface area contributed by atoms with Gasteiger partial charge in [0.1, 0.15) is 5.78 Å². The summed E-state index contributed by atoms with van der Waals surface area (Å²) in [4.78, 5) is 29.1. The van der Waals surface area contributed by atoms with Crippen molar-refractivity contribution in [1.29, 1.82) is 0 Å². The van der Waals surface area contributed by atoms with Crippen LogP contribution in [0.15, 0.2) is 70.5 Å². The fourth-order valence-corrected chi connectivity index (χ4v) is 9.86. The zero-order chi connectivity index (χ0) is 18.6. The molecule has 2 nitrogen and oxygen atoms in total. The second kappa shape index (κ2) is 5.34. The quantitative estimate of drug-likeness (QED) is 0.730. The van der Waals surface area contributed by atoms with Crippen LogP contribution in [0.2, 0.25) is 0 Å². The monoisotopic (exact) mass is 404 g/mol. The predicted molar refractivity (Wildman–Crippen MR) is 110 cm³/mol. The fourth-order valence-electron chi connectivity index (χ4n) is 6.49. The first-order valence-electron chi connectivity index (χ1n) is 10.3. The molecule has 0 aromatic heterocycles. The van der Waals surface area contributed by atoms with E-state index in [0.717, 1.165) is 11.3 Å². The number of Topliss-reactive ketones (excluding diaryl/α,β-unsaturated/α-hetero) is 2. The Morgan fingerprint density at radius 1 is 0.821 bits per heavy atom. The molecule has 8 rings (SSSR count). The highest BCUT2D eigenvalue weighted by Gasteiger charge is 2.92. The van der Waals surface area contributed by atoms with Crippen molar-refractivity contribution in [2.75, 3.05) is 0 Å². The summed E-state index contributed by atoms with van der Waals surface area (Å²) in [6, 6.07) is 20.7. The van der Waals surface area contributed by atoms with E-state index in [0.29, 0.717) is 41.2 Å². The topological polar surface area (TPSA) is 34.1 Å². The summed E-state index contributed by atoms with van der Waals surface area (Å²) in [7, 11) is 0. The minimum atomic E-state index is -0.362. The maximum Gasteiger partial charge on any atom is 0.153 e. The van der Waals surface area contributed by atoms with E-state index in [1.165, 1.54) is 4.90 Å². The van der Waals surface area contributed by atoms with Crippen LogP contribution < -0.4 is 0 Å². The Hall–Kier alpha value is -1.52. The molecule has 2 aromatic carbocycles. The highest BCUT2D eigenvalue weighted by atomic mass is 32.2. The zero-order valence-electron chi connectivity index (χ0n) is 15.2. The normalized spacial score (nSPS) is 46.3. The summed E-state index contributed by atoms with van der Waals surface area (Å²) in [6.45, 7) is 0. The molecule has 0 saturated heterocycles. The number of carbonyl (C=O) groups excluding carboxylic acids is 2. The Morgan fingerprint density at radius 3 is 2.07 bits per heavy atom. The molecular weight excluding hydrogens is 384 g/mol. The van der Waals surface area contributed by atoms with Gasteiger partial charge in [-0.25, -0.2) is 0 Å². The van der Waals surface area contributed by atoms with E-state index in [2.05, 4.69) is 36.4 Å². The van der Waals surface area contributed by atoms with Crippen LogP contribution in [0, 0.1) is 41.4 Å². The lowest BCUT2D eigenvalue weighted by atomic mass is 9.83. The molecular formula is C24H20O2S2. The summed E-state index contributed by atoms with van der Waals surface area (Å²) in [5.74, 6) is 3.82. The van der Waals surface area contributed by atoms with Gasteiger partial charge in [0, 0.05) is 27.5 Å². The van der Waals surface area contributed by atoms with Gasteiger partial charge in [0.25, 0.3) is 0 Å². The summed E-state index contributed by atoms with van der Waals surface area (Å²) < 4.78 is -0.362. The minimum absolute atomic E-state index is 0.0648. The molecule has 2 bridgehead atoms. The average molecular weight is 405 g/mol. The van der Waals surface area contributed by atoms with E-state index in [4.69, 9.17) is 0 Å². The molecule has 2 unspecified atom stereocenters. The van der Waals surface area contributed by atoms with E-state index in [1.54, 1.807) is 23.5 Å². The minimum Gasteiger partial charge on any atom is -0.298 e. The van der Waals surface area contributed by atoms with Gasteiger partial charge < -0.3 is 0 Å². The largest absolute Gasteiger partial charge is 0.298 e. The lowest BCUT2D eigenvalue weighted by molar-refractivity contribution is -0.121. The van der Waals surface area contributed by atoms with Gasteiger partial charge in [-0.2, -0.15) is 0 Å². The first kappa shape index (κ1) is 16.3. The fraction of sp³-hybridized carbons (Fsp3) is 0.417. The van der Waals surface area contributed by atoms with E-state index in [9.17, 15) is 9.59 Å². The molecule has 0 aliphatic heterocycles. The Morgan fingerprint density at radius 2 is 1.46 bits per heavy atom. The van der Waals surface area contributed by atoms with E-state index in [-0.39, 0.29) is 21.8 Å². The second-order valence-electron chi connectivity index (χ2n) is 9.06. The van der Waals surface area contributed by atoms with Crippen LogP contribution in [0.4, 0.5) is 0 Å². The van der Waals surface area contributed by atoms with Crippen LogP contribution in [-0.4, -0.2) is 21.6 Å². The van der Waals surface area contributed by atoms with Gasteiger partial charge in [-0.15, -0.1) is 23.5 Å². The van der Waals surface area contributed by atoms with Gasteiger partial charge in [-0.1, -0.05) is 36.4 Å². The standard InChI is InChI=1S/C24H20O2S2/c25-21-15-11-14(15)19(22(21)27-12-7-3-1-4-8-12)24(28-13-9-5-2-6-10-13)20-16-17(20)18(16)23(24)26/h1-10,14-20,22H,11H2/t14-,15+,16?,17?,18?,19+,20?,22-,24+/m0/s1. The predicted octanol–water partition coefficient (Wildman–Crippen LogP) is 4.59. The van der Waals surface area contributed by atoms with Crippen molar-refractivity contribution in [2.45, 2.75) is 26.2 Å². The molecule has 6 aliphatic rings. The highest BCUT2D eigenvalue weighted by molar-refractivity contribution is 8.02. The van der Waals surface area contributed by atoms with Crippen LogP contribution in [0.5, 0.6) is 0 Å². The van der Waals surface area contributed by atoms with E-state index < -0.39 is 0 Å². The first-order chi connectivity index (χ1) is 13.7. The number of hydrogen-bond donors (Lipinski definition) is 0. The van der Waals surface area contributed by atoms with Gasteiger partial charge >= 0.3 is 0 Å². The lowest BCUT2D eigenvalue weighted by Gasteiger charge is -2.38. The van der Waals surface area contributed by atoms with Crippen molar-refractivity contribution >= 4 is 35.1 Å². The van der Waals surface area contributed by atoms with Gasteiger partial charge in [-0.05, 0) is 54.4 Å². The molecule has 0 spiro atoms. The molecule has 0 radical (unpaired) electrons. The number of thioether (sulfide) groups is 2. The smallest absolute Gasteiger partial charge is 0.153 e. The van der Waals surface area contributed by atoms with E-state index in [1.807, 2.05) is 24.3 Å². The summed E-state index contributed by atoms with van der Waals surface area (Å²) in [5.41, 5.74) is 0. The molecule has 28 heavy (non-hydrogen) atoms. The summed E-state index contributed by atoms with van der Waals surface area (Å²) >= 11 is 3.52. The van der Waals surface area contributed by atoms with Crippen molar-refractivity contribution in [3.63, 3.8) is 0 Å². The lowest BCUT2D eigenvalue weighted by Crippen LogP contribution is -2.46. The summed E-state index contributed by atoms with van der Waals surface area (Å²) in [6.07, 6.45) is 1.01. The Labute approximate surface area is 172 Å². The zero-order valence-corrected chi connectivity index (χ0v) is 16.9. The van der Waals surface area contributed by atoms with Crippen LogP contribution >= 0.6 is 23.5 Å². The highest BCUT2D eigenvalue weighted by Crippen LogP contribution is 2.88. The van der Waals surface area contributed by atoms with Crippen molar-refractivity contribution in [1.82, 2.24) is 0 Å². The van der Waals surface area contributed by atoms with E-state index >= 15 is 0 Å². The SMILES string of the molecule is O=C1[C@@H](Sc2ccccc2)[C@H]([C@]2(Sc3ccccc3)C(=O)C3C4C3C42)[C@H]2C[C@@H]12. The molecule has 0 N–H and O–H groups in total. The Balaban J connectivity index is 1.31. The Bertz CT molecular complexity index is 996. The third-order valence-electron chi connectivity index (χ3n) is 7.81. The third-order valence-corrected chi connectivity index (χ3v) is 10.7. The van der Waals surface area contributed by atoms with Crippen LogP contribution in [-0.2, 0) is 9.59 Å². The van der Waals surface area contributed by atoms with Crippen molar-refractivity contribution < 1.29 is 9.59 Å². The molecule has 7 atom stereocenters. The number of carbonyl (C=O) groups is 2. The molecule has 6 fully saturated rings. The number of ketones is 2. The van der Waals surface area contributed by atoms with Crippen molar-refractivity contribution in [3.8, 4) is 0 Å². The first-order valence-corrected chi connectivity index (χ1v) is 12.0. The number of hydrogen-bond acceptors (Lipinski definition) is 4. The number of rotatable bonds is 5. The van der Waals surface area contributed by atoms with Gasteiger partial charge in [0.15, 0.2) is 5.78 Å². The molecule has 0 amide bonds. The van der Waals surface area contributed by atoms with Crippen molar-refractivity contribution in [2.24, 2.45) is 41.4 Å². The number of fused-ring (bicyclic) bond motifs is 2. The second-order valence-corrected chi connectivity index (χ2v) is 11.6. The molecule has 0 heterocycles. The molecule has 6 saturated carbocycles. The van der Waals surface area contributed by atoms with Crippen LogP contribution in [0.3, 0.4) is 0 Å². The molecule has 2 aromatic rings. The average Bonchev–Trinajstić information content (AvgIpc) is 3.63. The molecule has 4 heteroatoms. The third kappa shape index (κ3) is 1.94. The van der Waals surface area contributed by atoms with Gasteiger partial charge in [-0.3, -0.25) is 9.59 Å². The van der Waals surface area contributed by atoms with Crippen molar-refractivity contribution in [3.05, 3.63) is 60.7 Å². The van der Waals surface area contributed by atoms with Gasteiger partial charge in [0.2, 0.25) is 0 Å². The summed E-state index contributed by atoms with van der Waals surface area (Å²) in [5, 5.41) is -0.0648. The van der Waals surface area contributed by atoms with Crippen LogP contribution in [0.25, 0.3) is 0 Å². The Kier molecular flexibility index (Phi) is 3.11. The number of benzene rings is 2. The molecule has 140 valence electrons. The van der Waals surface area contributed by atoms with Crippen LogP contribution in [0.1, 0.15) is 6.42 Å².